The number of aryl methyl sites for hydroxylation is 1. The van der Waals surface area contributed by atoms with E-state index in [4.69, 9.17) is 25.8 Å². The van der Waals surface area contributed by atoms with Gasteiger partial charge in [-0.2, -0.15) is 4.98 Å². The first kappa shape index (κ1) is 20.1. The van der Waals surface area contributed by atoms with Crippen LogP contribution in [-0.2, 0) is 5.75 Å². The van der Waals surface area contributed by atoms with Crippen LogP contribution in [0.2, 0.25) is 5.02 Å². The number of methoxy groups -OCH3 is 1. The maximum Gasteiger partial charge on any atom is 0.266 e. The van der Waals surface area contributed by atoms with Gasteiger partial charge in [-0.25, -0.2) is 4.98 Å². The summed E-state index contributed by atoms with van der Waals surface area (Å²) in [5, 5.41) is 5.58. The Morgan fingerprint density at radius 3 is 2.84 bits per heavy atom. The number of hydrogen-bond donors (Lipinski definition) is 0. The summed E-state index contributed by atoms with van der Waals surface area (Å²) in [7, 11) is 1.58. The van der Waals surface area contributed by atoms with Crippen LogP contribution < -0.4 is 10.3 Å². The molecule has 0 saturated heterocycles. The fourth-order valence-corrected chi connectivity index (χ4v) is 4.39. The zero-order valence-corrected chi connectivity index (χ0v) is 18.5. The Labute approximate surface area is 187 Å². The molecule has 1 fully saturated rings. The lowest BCUT2D eigenvalue weighted by molar-refractivity contribution is 0.375. The van der Waals surface area contributed by atoms with E-state index >= 15 is 0 Å². The normalized spacial score (nSPS) is 13.6. The second kappa shape index (κ2) is 8.01. The van der Waals surface area contributed by atoms with Crippen molar-refractivity contribution in [3.63, 3.8) is 0 Å². The van der Waals surface area contributed by atoms with E-state index in [2.05, 4.69) is 10.1 Å². The third-order valence-corrected chi connectivity index (χ3v) is 6.29. The number of aromatic nitrogens is 4. The van der Waals surface area contributed by atoms with Crippen LogP contribution in [0.3, 0.4) is 0 Å². The number of rotatable bonds is 6. The Morgan fingerprint density at radius 2 is 2.06 bits per heavy atom. The molecule has 7 nitrogen and oxygen atoms in total. The van der Waals surface area contributed by atoms with Crippen LogP contribution >= 0.6 is 23.4 Å². The number of hydrogen-bond acceptors (Lipinski definition) is 7. The zero-order chi connectivity index (χ0) is 21.5. The van der Waals surface area contributed by atoms with E-state index in [0.717, 1.165) is 18.4 Å². The summed E-state index contributed by atoms with van der Waals surface area (Å²) in [6, 6.07) is 10.8. The summed E-state index contributed by atoms with van der Waals surface area (Å²) in [5.74, 6) is 2.66. The summed E-state index contributed by atoms with van der Waals surface area (Å²) in [6.45, 7) is 1.97. The van der Waals surface area contributed by atoms with Crippen molar-refractivity contribution in [2.75, 3.05) is 7.11 Å². The Morgan fingerprint density at radius 1 is 1.23 bits per heavy atom. The van der Waals surface area contributed by atoms with Crippen LogP contribution in [0.5, 0.6) is 5.75 Å². The third kappa shape index (κ3) is 3.93. The van der Waals surface area contributed by atoms with Crippen LogP contribution in [0.1, 0.15) is 36.0 Å². The van der Waals surface area contributed by atoms with Gasteiger partial charge in [-0.1, -0.05) is 34.6 Å². The number of nitrogens with zero attached hydrogens (tertiary/aromatic N) is 4. The molecule has 2 aromatic heterocycles. The molecule has 1 aliphatic rings. The Bertz CT molecular complexity index is 1350. The van der Waals surface area contributed by atoms with Crippen LogP contribution in [0.25, 0.3) is 16.6 Å². The standard InChI is InChI=1S/C22H19ClN4O3S/c1-12-3-8-18(29-2)17(9-12)27-21(28)15-7-6-14(23)10-16(15)24-22(27)31-11-19-25-20(30-26-19)13-4-5-13/h3,6-10,13H,4-5,11H2,1-2H3. The maximum absolute atomic E-state index is 13.5. The number of ether oxygens (including phenoxy) is 1. The fourth-order valence-electron chi connectivity index (χ4n) is 3.37. The van der Waals surface area contributed by atoms with Gasteiger partial charge in [-0.15, -0.1) is 0 Å². The quantitative estimate of drug-likeness (QED) is 0.302. The molecule has 0 amide bonds. The van der Waals surface area contributed by atoms with Gasteiger partial charge in [0.2, 0.25) is 5.89 Å². The first-order chi connectivity index (χ1) is 15.0. The van der Waals surface area contributed by atoms with Gasteiger partial charge in [0.05, 0.1) is 29.5 Å². The molecule has 0 N–H and O–H groups in total. The van der Waals surface area contributed by atoms with Gasteiger partial charge in [0.1, 0.15) is 5.75 Å². The molecule has 2 heterocycles. The van der Waals surface area contributed by atoms with E-state index in [9.17, 15) is 4.79 Å². The summed E-state index contributed by atoms with van der Waals surface area (Å²) < 4.78 is 12.5. The molecule has 2 aromatic carbocycles. The molecule has 0 bridgehead atoms. The number of benzene rings is 2. The lowest BCUT2D eigenvalue weighted by atomic mass is 10.2. The van der Waals surface area contributed by atoms with E-state index in [0.29, 0.717) is 55.9 Å². The van der Waals surface area contributed by atoms with Crippen molar-refractivity contribution in [1.82, 2.24) is 19.7 Å². The predicted molar refractivity (Wildman–Crippen MR) is 119 cm³/mol. The Kier molecular flexibility index (Phi) is 5.19. The minimum Gasteiger partial charge on any atom is -0.495 e. The van der Waals surface area contributed by atoms with Gasteiger partial charge in [0, 0.05) is 10.9 Å². The lowest BCUT2D eigenvalue weighted by Gasteiger charge is -2.16. The molecular weight excluding hydrogens is 436 g/mol. The van der Waals surface area contributed by atoms with Crippen molar-refractivity contribution in [1.29, 1.82) is 0 Å². The van der Waals surface area contributed by atoms with Gasteiger partial charge >= 0.3 is 0 Å². The molecule has 1 saturated carbocycles. The second-order valence-electron chi connectivity index (χ2n) is 7.48. The number of halogens is 1. The zero-order valence-electron chi connectivity index (χ0n) is 17.0. The molecule has 31 heavy (non-hydrogen) atoms. The van der Waals surface area contributed by atoms with Crippen molar-refractivity contribution in [2.45, 2.75) is 36.6 Å². The Balaban J connectivity index is 1.63. The highest BCUT2D eigenvalue weighted by Crippen LogP contribution is 2.39. The van der Waals surface area contributed by atoms with Crippen LogP contribution in [0.15, 0.2) is 50.9 Å². The highest BCUT2D eigenvalue weighted by molar-refractivity contribution is 7.98. The molecule has 0 radical (unpaired) electrons. The van der Waals surface area contributed by atoms with Gasteiger partial charge in [0.25, 0.3) is 5.56 Å². The molecular formula is C22H19ClN4O3S. The fraction of sp³-hybridized carbons (Fsp3) is 0.273. The van der Waals surface area contributed by atoms with Crippen molar-refractivity contribution >= 4 is 34.3 Å². The van der Waals surface area contributed by atoms with Gasteiger partial charge in [-0.05, 0) is 55.7 Å². The predicted octanol–water partition coefficient (Wildman–Crippen LogP) is 4.91. The summed E-state index contributed by atoms with van der Waals surface area (Å²) in [6.07, 6.45) is 2.18. The highest BCUT2D eigenvalue weighted by Gasteiger charge is 2.29. The van der Waals surface area contributed by atoms with Crippen LogP contribution in [0, 0.1) is 6.92 Å². The molecule has 1 aliphatic carbocycles. The molecule has 0 atom stereocenters. The lowest BCUT2D eigenvalue weighted by Crippen LogP contribution is -2.22. The van der Waals surface area contributed by atoms with Gasteiger partial charge in [0.15, 0.2) is 11.0 Å². The molecule has 5 rings (SSSR count). The van der Waals surface area contributed by atoms with Gasteiger partial charge < -0.3 is 9.26 Å². The molecule has 0 unspecified atom stereocenters. The van der Waals surface area contributed by atoms with Crippen LogP contribution in [0.4, 0.5) is 0 Å². The largest absolute Gasteiger partial charge is 0.495 e. The highest BCUT2D eigenvalue weighted by atomic mass is 35.5. The first-order valence-electron chi connectivity index (χ1n) is 9.86. The average Bonchev–Trinajstić information content (AvgIpc) is 3.50. The van der Waals surface area contributed by atoms with Crippen molar-refractivity contribution in [2.24, 2.45) is 0 Å². The molecule has 158 valence electrons. The van der Waals surface area contributed by atoms with Crippen molar-refractivity contribution < 1.29 is 9.26 Å². The average molecular weight is 455 g/mol. The van der Waals surface area contributed by atoms with E-state index in [-0.39, 0.29) is 5.56 Å². The Hall–Kier alpha value is -2.84. The maximum atomic E-state index is 13.5. The third-order valence-electron chi connectivity index (χ3n) is 5.12. The minimum absolute atomic E-state index is 0.195. The minimum atomic E-state index is -0.195. The van der Waals surface area contributed by atoms with Crippen LogP contribution in [-0.4, -0.2) is 26.8 Å². The topological polar surface area (TPSA) is 83.0 Å². The summed E-state index contributed by atoms with van der Waals surface area (Å²) in [4.78, 5) is 22.7. The van der Waals surface area contributed by atoms with E-state index in [1.807, 2.05) is 25.1 Å². The number of fused-ring (bicyclic) bond motifs is 1. The van der Waals surface area contributed by atoms with E-state index in [1.165, 1.54) is 11.8 Å². The monoisotopic (exact) mass is 454 g/mol. The first-order valence-corrected chi connectivity index (χ1v) is 11.2. The van der Waals surface area contributed by atoms with E-state index in [1.54, 1.807) is 29.9 Å². The molecule has 9 heteroatoms. The molecule has 0 aliphatic heterocycles. The smallest absolute Gasteiger partial charge is 0.266 e. The van der Waals surface area contributed by atoms with E-state index < -0.39 is 0 Å². The van der Waals surface area contributed by atoms with Gasteiger partial charge in [-0.3, -0.25) is 9.36 Å². The van der Waals surface area contributed by atoms with Crippen molar-refractivity contribution in [3.8, 4) is 11.4 Å². The number of thioether (sulfide) groups is 1. The SMILES string of the molecule is COc1ccc(C)cc1-n1c(SCc2noc(C3CC3)n2)nc2cc(Cl)ccc2c1=O. The second-order valence-corrected chi connectivity index (χ2v) is 8.86. The van der Waals surface area contributed by atoms with Crippen molar-refractivity contribution in [3.05, 3.63) is 69.1 Å². The molecule has 4 aromatic rings. The summed E-state index contributed by atoms with van der Waals surface area (Å²) in [5.41, 5.74) is 1.97. The summed E-state index contributed by atoms with van der Waals surface area (Å²) >= 11 is 7.52. The molecule has 0 spiro atoms.